The zero-order chi connectivity index (χ0) is 24.1. The molecular formula is C31H26ClN2P. The third kappa shape index (κ3) is 4.95. The Morgan fingerprint density at radius 3 is 1.57 bits per heavy atom. The zero-order valence-electron chi connectivity index (χ0n) is 19.5. The summed E-state index contributed by atoms with van der Waals surface area (Å²) in [6, 6.07) is 46.1. The molecule has 0 radical (unpaired) electrons. The maximum Gasteiger partial charge on any atom is 0.0861 e. The molecule has 0 spiro atoms. The quantitative estimate of drug-likeness (QED) is 0.237. The second kappa shape index (κ2) is 10.4. The van der Waals surface area contributed by atoms with E-state index in [0.717, 1.165) is 17.1 Å². The Bertz CT molecular complexity index is 1360. The molecule has 0 fully saturated rings. The summed E-state index contributed by atoms with van der Waals surface area (Å²) < 4.78 is 5.65. The van der Waals surface area contributed by atoms with E-state index >= 15 is 0 Å². The van der Waals surface area contributed by atoms with Crippen molar-refractivity contribution in [2.24, 2.45) is 4.74 Å². The molecule has 0 saturated heterocycles. The van der Waals surface area contributed by atoms with Crippen LogP contribution in [-0.4, -0.2) is 0 Å². The van der Waals surface area contributed by atoms with E-state index in [1.165, 1.54) is 21.5 Å². The average Bonchev–Trinajstić information content (AvgIpc) is 2.91. The van der Waals surface area contributed by atoms with E-state index in [9.17, 15) is 0 Å². The van der Waals surface area contributed by atoms with E-state index in [1.54, 1.807) is 0 Å². The van der Waals surface area contributed by atoms with Crippen molar-refractivity contribution in [3.05, 3.63) is 144 Å². The maximum absolute atomic E-state index is 6.46. The number of halogens is 1. The Balaban J connectivity index is 1.81. The largest absolute Gasteiger partial charge is 0.354 e. The van der Waals surface area contributed by atoms with E-state index in [4.69, 9.17) is 16.3 Å². The molecule has 35 heavy (non-hydrogen) atoms. The van der Waals surface area contributed by atoms with E-state index in [-0.39, 0.29) is 0 Å². The number of anilines is 2. The first kappa shape index (κ1) is 23.2. The molecule has 5 aromatic carbocycles. The lowest BCUT2D eigenvalue weighted by Crippen LogP contribution is -2.25. The summed E-state index contributed by atoms with van der Waals surface area (Å²) in [5.41, 5.74) is 3.97. The number of hydrogen-bond acceptors (Lipinski definition) is 2. The molecule has 0 atom stereocenters. The fourth-order valence-electron chi connectivity index (χ4n) is 4.20. The summed E-state index contributed by atoms with van der Waals surface area (Å²) in [5.74, 6) is 0. The van der Waals surface area contributed by atoms with Gasteiger partial charge in [-0.05, 0) is 37.3 Å². The second-order valence-electron chi connectivity index (χ2n) is 8.39. The third-order valence-corrected chi connectivity index (χ3v) is 9.82. The summed E-state index contributed by atoms with van der Waals surface area (Å²) >= 11 is 6.46. The van der Waals surface area contributed by atoms with Crippen molar-refractivity contribution in [2.45, 2.75) is 6.92 Å². The minimum absolute atomic E-state index is 0.668. The average molecular weight is 493 g/mol. The summed E-state index contributed by atoms with van der Waals surface area (Å²) in [4.78, 5) is 0. The predicted octanol–water partition coefficient (Wildman–Crippen LogP) is 8.20. The normalized spacial score (nSPS) is 11.1. The molecule has 2 nitrogen and oxygen atoms in total. The highest BCUT2D eigenvalue weighted by molar-refractivity contribution is 7.87. The minimum atomic E-state index is -2.39. The van der Waals surface area contributed by atoms with Gasteiger partial charge < -0.3 is 5.32 Å². The molecule has 0 heterocycles. The Morgan fingerprint density at radius 2 is 1.09 bits per heavy atom. The molecule has 0 aliphatic carbocycles. The molecular weight excluding hydrogens is 467 g/mol. The van der Waals surface area contributed by atoms with Crippen LogP contribution < -0.4 is 21.2 Å². The highest BCUT2D eigenvalue weighted by Crippen LogP contribution is 2.50. The number of nitrogens with zero attached hydrogens (tertiary/aromatic N) is 1. The van der Waals surface area contributed by atoms with Gasteiger partial charge in [0.25, 0.3) is 0 Å². The maximum atomic E-state index is 6.46. The first-order valence-corrected chi connectivity index (χ1v) is 13.7. The Hall–Kier alpha value is -3.58. The van der Waals surface area contributed by atoms with Gasteiger partial charge in [0.2, 0.25) is 0 Å². The van der Waals surface area contributed by atoms with Gasteiger partial charge in [-0.25, -0.2) is 0 Å². The lowest BCUT2D eigenvalue weighted by Gasteiger charge is -2.27. The van der Waals surface area contributed by atoms with Gasteiger partial charge in [0, 0.05) is 26.6 Å². The molecule has 172 valence electrons. The second-order valence-corrected chi connectivity index (χ2v) is 11.9. The van der Waals surface area contributed by atoms with Gasteiger partial charge in [-0.15, -0.1) is 0 Å². The number of benzene rings is 5. The van der Waals surface area contributed by atoms with Crippen LogP contribution in [0.5, 0.6) is 0 Å². The minimum Gasteiger partial charge on any atom is -0.354 e. The van der Waals surface area contributed by atoms with Gasteiger partial charge in [0.15, 0.2) is 0 Å². The van der Waals surface area contributed by atoms with Gasteiger partial charge in [0.1, 0.15) is 0 Å². The zero-order valence-corrected chi connectivity index (χ0v) is 21.1. The van der Waals surface area contributed by atoms with Crippen molar-refractivity contribution >= 4 is 51.6 Å². The van der Waals surface area contributed by atoms with Gasteiger partial charge in [-0.1, -0.05) is 120 Å². The molecule has 0 bridgehead atoms. The van der Waals surface area contributed by atoms with E-state index < -0.39 is 7.05 Å². The van der Waals surface area contributed by atoms with Crippen LogP contribution in [0.1, 0.15) is 5.56 Å². The van der Waals surface area contributed by atoms with E-state index in [0.29, 0.717) is 5.02 Å². The molecule has 0 amide bonds. The van der Waals surface area contributed by atoms with Crippen LogP contribution in [0.15, 0.2) is 138 Å². The molecule has 1 N–H and O–H groups in total. The lowest BCUT2D eigenvalue weighted by molar-refractivity contribution is 1.44. The molecule has 0 saturated carbocycles. The van der Waals surface area contributed by atoms with Crippen molar-refractivity contribution in [3.8, 4) is 0 Å². The number of rotatable bonds is 6. The van der Waals surface area contributed by atoms with Crippen LogP contribution in [0.3, 0.4) is 0 Å². The van der Waals surface area contributed by atoms with Gasteiger partial charge in [-0.3, -0.25) is 4.74 Å². The van der Waals surface area contributed by atoms with Crippen molar-refractivity contribution in [2.75, 3.05) is 5.32 Å². The van der Waals surface area contributed by atoms with Crippen LogP contribution in [0, 0.1) is 6.92 Å². The highest BCUT2D eigenvalue weighted by atomic mass is 35.5. The standard InChI is InChI=1S/C31H26ClN2P/c1-24-17-20-26(21-18-24)33-31-23-25(32)19-22-30(31)34-35(27-11-5-2-6-12-27,28-13-7-3-8-14-28)29-15-9-4-10-16-29/h2-23,33H,1H3. The fourth-order valence-corrected chi connectivity index (χ4v) is 7.92. The molecule has 4 heteroatoms. The molecule has 0 aliphatic rings. The van der Waals surface area contributed by atoms with Crippen LogP contribution in [0.25, 0.3) is 0 Å². The third-order valence-electron chi connectivity index (χ3n) is 5.94. The van der Waals surface area contributed by atoms with Gasteiger partial charge in [0.05, 0.1) is 18.4 Å². The molecule has 0 aliphatic heterocycles. The van der Waals surface area contributed by atoms with Crippen molar-refractivity contribution in [1.82, 2.24) is 0 Å². The molecule has 0 aromatic heterocycles. The molecule has 5 aromatic rings. The topological polar surface area (TPSA) is 24.4 Å². The number of nitrogens with one attached hydrogen (secondary N) is 1. The van der Waals surface area contributed by atoms with Crippen molar-refractivity contribution < 1.29 is 0 Å². The Kier molecular flexibility index (Phi) is 6.86. The molecule has 5 rings (SSSR count). The summed E-state index contributed by atoms with van der Waals surface area (Å²) in [6.45, 7) is 2.09. The monoisotopic (exact) mass is 492 g/mol. The summed E-state index contributed by atoms with van der Waals surface area (Å²) in [7, 11) is -2.39. The smallest absolute Gasteiger partial charge is 0.0861 e. The Labute approximate surface area is 212 Å². The van der Waals surface area contributed by atoms with E-state index in [2.05, 4.69) is 128 Å². The van der Waals surface area contributed by atoms with Crippen LogP contribution in [0.4, 0.5) is 17.1 Å². The molecule has 0 unspecified atom stereocenters. The Morgan fingerprint density at radius 1 is 0.600 bits per heavy atom. The summed E-state index contributed by atoms with van der Waals surface area (Å²) in [6.07, 6.45) is 0. The van der Waals surface area contributed by atoms with Crippen molar-refractivity contribution in [1.29, 1.82) is 0 Å². The number of hydrogen-bond donors (Lipinski definition) is 1. The fraction of sp³-hybridized carbons (Fsp3) is 0.0323. The number of aryl methyl sites for hydroxylation is 1. The lowest BCUT2D eigenvalue weighted by atomic mass is 10.2. The van der Waals surface area contributed by atoms with Gasteiger partial charge >= 0.3 is 0 Å². The van der Waals surface area contributed by atoms with Gasteiger partial charge in [-0.2, -0.15) is 0 Å². The SMILES string of the molecule is Cc1ccc(Nc2cc(Cl)ccc2N=P(c2ccccc2)(c2ccccc2)c2ccccc2)cc1. The van der Waals surface area contributed by atoms with Crippen LogP contribution in [0.2, 0.25) is 5.02 Å². The van der Waals surface area contributed by atoms with Crippen LogP contribution >= 0.6 is 18.7 Å². The van der Waals surface area contributed by atoms with E-state index in [1.807, 2.05) is 18.2 Å². The first-order valence-electron chi connectivity index (χ1n) is 11.6. The van der Waals surface area contributed by atoms with Crippen molar-refractivity contribution in [3.63, 3.8) is 0 Å². The van der Waals surface area contributed by atoms with Crippen LogP contribution in [-0.2, 0) is 0 Å². The first-order chi connectivity index (χ1) is 17.1. The highest BCUT2D eigenvalue weighted by Gasteiger charge is 2.27. The predicted molar refractivity (Wildman–Crippen MR) is 153 cm³/mol. The summed E-state index contributed by atoms with van der Waals surface area (Å²) in [5, 5.41) is 7.83.